The molecule has 1 aliphatic heterocycles. The molecule has 2 aromatic rings. The van der Waals surface area contributed by atoms with Crippen molar-refractivity contribution >= 4 is 29.3 Å². The second-order valence-corrected chi connectivity index (χ2v) is 9.84. The van der Waals surface area contributed by atoms with E-state index in [1.807, 2.05) is 36.4 Å². The lowest BCUT2D eigenvalue weighted by atomic mass is 10.0. The minimum atomic E-state index is -0.719. The van der Waals surface area contributed by atoms with Crippen molar-refractivity contribution in [1.82, 2.24) is 20.5 Å². The lowest BCUT2D eigenvalue weighted by Gasteiger charge is -2.29. The number of nitrogens with one attached hydrogen (secondary N) is 2. The summed E-state index contributed by atoms with van der Waals surface area (Å²) in [5.74, 6) is -0.472. The molecule has 2 aliphatic rings. The molecule has 2 fully saturated rings. The van der Waals surface area contributed by atoms with Crippen LogP contribution in [0.3, 0.4) is 0 Å². The van der Waals surface area contributed by atoms with E-state index in [0.717, 1.165) is 43.2 Å². The number of benzene rings is 1. The van der Waals surface area contributed by atoms with Gasteiger partial charge in [0.1, 0.15) is 12.1 Å². The number of carbonyl (C=O) groups is 3. The van der Waals surface area contributed by atoms with Crippen LogP contribution in [0.1, 0.15) is 49.7 Å². The number of halogens is 1. The Morgan fingerprint density at radius 1 is 1.03 bits per heavy atom. The number of nitrogens with zero attached hydrogens (tertiary/aromatic N) is 2. The van der Waals surface area contributed by atoms with E-state index in [0.29, 0.717) is 37.4 Å². The van der Waals surface area contributed by atoms with Gasteiger partial charge in [-0.05, 0) is 55.4 Å². The van der Waals surface area contributed by atoms with Gasteiger partial charge in [0.05, 0.1) is 0 Å². The quantitative estimate of drug-likeness (QED) is 0.557. The highest BCUT2D eigenvalue weighted by atomic mass is 35.5. The van der Waals surface area contributed by atoms with Crippen molar-refractivity contribution < 1.29 is 14.4 Å². The van der Waals surface area contributed by atoms with Gasteiger partial charge in [-0.1, -0.05) is 48.7 Å². The molecule has 1 saturated heterocycles. The molecule has 1 aromatic heterocycles. The third-order valence-electron chi connectivity index (χ3n) is 6.99. The molecule has 186 valence electrons. The van der Waals surface area contributed by atoms with Crippen molar-refractivity contribution in [3.8, 4) is 0 Å². The van der Waals surface area contributed by atoms with Gasteiger partial charge in [0.15, 0.2) is 0 Å². The lowest BCUT2D eigenvalue weighted by Crippen LogP contribution is -2.55. The molecule has 2 heterocycles. The Hall–Kier alpha value is -2.93. The minimum Gasteiger partial charge on any atom is -0.354 e. The van der Waals surface area contributed by atoms with Crippen LogP contribution in [-0.2, 0) is 27.2 Å². The van der Waals surface area contributed by atoms with Crippen molar-refractivity contribution in [1.29, 1.82) is 0 Å². The zero-order chi connectivity index (χ0) is 24.6. The molecule has 0 radical (unpaired) electrons. The molecule has 0 spiro atoms. The largest absolute Gasteiger partial charge is 0.354 e. The van der Waals surface area contributed by atoms with E-state index in [4.69, 9.17) is 11.6 Å². The average molecular weight is 497 g/mol. The van der Waals surface area contributed by atoms with Gasteiger partial charge in [-0.3, -0.25) is 19.4 Å². The van der Waals surface area contributed by atoms with Crippen molar-refractivity contribution in [3.63, 3.8) is 0 Å². The molecule has 1 aliphatic carbocycles. The first-order valence-corrected chi connectivity index (χ1v) is 12.9. The Morgan fingerprint density at radius 3 is 2.57 bits per heavy atom. The summed E-state index contributed by atoms with van der Waals surface area (Å²) in [5.41, 5.74) is 1.84. The van der Waals surface area contributed by atoms with Crippen LogP contribution in [0.2, 0.25) is 5.02 Å². The SMILES string of the molecule is O=C(N[C@@H](Cc1cccnc1)C(=O)N1CCC[C@H]1C(=O)NCCc1ccccc1Cl)C1CCCC1. The van der Waals surface area contributed by atoms with E-state index in [-0.39, 0.29) is 23.6 Å². The first kappa shape index (κ1) is 25.2. The fourth-order valence-corrected chi connectivity index (χ4v) is 5.31. The zero-order valence-electron chi connectivity index (χ0n) is 19.9. The topological polar surface area (TPSA) is 91.4 Å². The molecule has 0 bridgehead atoms. The molecule has 4 rings (SSSR count). The fourth-order valence-electron chi connectivity index (χ4n) is 5.07. The summed E-state index contributed by atoms with van der Waals surface area (Å²) in [5, 5.41) is 6.66. The summed E-state index contributed by atoms with van der Waals surface area (Å²) in [6.07, 6.45) is 9.54. The predicted octanol–water partition coefficient (Wildman–Crippen LogP) is 3.30. The summed E-state index contributed by atoms with van der Waals surface area (Å²) in [6, 6.07) is 10.0. The molecular weight excluding hydrogens is 464 g/mol. The molecule has 3 amide bonds. The Bertz CT molecular complexity index is 1030. The maximum absolute atomic E-state index is 13.6. The van der Waals surface area contributed by atoms with Gasteiger partial charge < -0.3 is 15.5 Å². The Balaban J connectivity index is 1.40. The van der Waals surface area contributed by atoms with Gasteiger partial charge >= 0.3 is 0 Å². The van der Waals surface area contributed by atoms with Crippen LogP contribution in [0.15, 0.2) is 48.8 Å². The van der Waals surface area contributed by atoms with Gasteiger partial charge in [-0.2, -0.15) is 0 Å². The van der Waals surface area contributed by atoms with Crippen LogP contribution >= 0.6 is 11.6 Å². The van der Waals surface area contributed by atoms with Gasteiger partial charge in [0.25, 0.3) is 0 Å². The van der Waals surface area contributed by atoms with Crippen LogP contribution in [-0.4, -0.2) is 52.8 Å². The van der Waals surface area contributed by atoms with Gasteiger partial charge in [0.2, 0.25) is 17.7 Å². The van der Waals surface area contributed by atoms with Gasteiger partial charge in [0, 0.05) is 42.8 Å². The van der Waals surface area contributed by atoms with Crippen LogP contribution in [0.5, 0.6) is 0 Å². The summed E-state index contributed by atoms with van der Waals surface area (Å²) >= 11 is 6.22. The third kappa shape index (κ3) is 6.60. The summed E-state index contributed by atoms with van der Waals surface area (Å²) in [6.45, 7) is 0.947. The van der Waals surface area contributed by atoms with E-state index in [1.165, 1.54) is 0 Å². The highest BCUT2D eigenvalue weighted by molar-refractivity contribution is 6.31. The summed E-state index contributed by atoms with van der Waals surface area (Å²) in [7, 11) is 0. The molecular formula is C27H33ClN4O3. The van der Waals surface area contributed by atoms with Crippen molar-refractivity contribution in [2.24, 2.45) is 5.92 Å². The molecule has 0 unspecified atom stereocenters. The minimum absolute atomic E-state index is 0.0401. The highest BCUT2D eigenvalue weighted by Gasteiger charge is 2.38. The van der Waals surface area contributed by atoms with Crippen LogP contribution in [0, 0.1) is 5.92 Å². The normalized spacial score (nSPS) is 18.9. The monoisotopic (exact) mass is 496 g/mol. The number of carbonyl (C=O) groups excluding carboxylic acids is 3. The van der Waals surface area contributed by atoms with E-state index in [9.17, 15) is 14.4 Å². The summed E-state index contributed by atoms with van der Waals surface area (Å²) in [4.78, 5) is 45.3. The van der Waals surface area contributed by atoms with Crippen LogP contribution in [0.25, 0.3) is 0 Å². The maximum atomic E-state index is 13.6. The zero-order valence-corrected chi connectivity index (χ0v) is 20.7. The standard InChI is InChI=1S/C27H33ClN4O3/c28-22-11-4-3-8-20(22)13-15-30-26(34)24-12-6-16-32(24)27(35)23(17-19-7-5-14-29-18-19)31-25(33)21-9-1-2-10-21/h3-5,7-8,11,14,18,21,23-24H,1-2,6,9-10,12-13,15-17H2,(H,30,34)(H,31,33)/t23-,24-/m0/s1. The van der Waals surface area contributed by atoms with Crippen molar-refractivity contribution in [3.05, 3.63) is 64.9 Å². The summed E-state index contributed by atoms with van der Waals surface area (Å²) < 4.78 is 0. The molecule has 8 heteroatoms. The maximum Gasteiger partial charge on any atom is 0.246 e. The molecule has 2 N–H and O–H groups in total. The van der Waals surface area contributed by atoms with Crippen LogP contribution in [0.4, 0.5) is 0 Å². The Kier molecular flexibility index (Phi) is 8.74. The molecule has 1 saturated carbocycles. The molecule has 35 heavy (non-hydrogen) atoms. The number of pyridine rings is 1. The van der Waals surface area contributed by atoms with Gasteiger partial charge in [-0.15, -0.1) is 0 Å². The van der Waals surface area contributed by atoms with Crippen LogP contribution < -0.4 is 10.6 Å². The molecule has 1 aromatic carbocycles. The van der Waals surface area contributed by atoms with Crippen molar-refractivity contribution in [2.75, 3.05) is 13.1 Å². The fraction of sp³-hybridized carbons (Fsp3) is 0.481. The van der Waals surface area contributed by atoms with E-state index < -0.39 is 12.1 Å². The van der Waals surface area contributed by atoms with E-state index >= 15 is 0 Å². The van der Waals surface area contributed by atoms with Crippen molar-refractivity contribution in [2.45, 2.75) is 63.5 Å². The third-order valence-corrected chi connectivity index (χ3v) is 7.36. The first-order valence-electron chi connectivity index (χ1n) is 12.5. The molecule has 2 atom stereocenters. The Labute approximate surface area is 211 Å². The number of amides is 3. The lowest BCUT2D eigenvalue weighted by molar-refractivity contribution is -0.141. The number of hydrogen-bond donors (Lipinski definition) is 2. The second kappa shape index (κ2) is 12.2. The average Bonchev–Trinajstić information content (AvgIpc) is 3.58. The smallest absolute Gasteiger partial charge is 0.246 e. The Morgan fingerprint density at radius 2 is 1.83 bits per heavy atom. The highest BCUT2D eigenvalue weighted by Crippen LogP contribution is 2.25. The first-order chi connectivity index (χ1) is 17.0. The second-order valence-electron chi connectivity index (χ2n) is 9.43. The number of rotatable bonds is 9. The number of hydrogen-bond acceptors (Lipinski definition) is 4. The van der Waals surface area contributed by atoms with Gasteiger partial charge in [-0.25, -0.2) is 0 Å². The van der Waals surface area contributed by atoms with E-state index in [2.05, 4.69) is 15.6 Å². The number of aromatic nitrogens is 1. The predicted molar refractivity (Wildman–Crippen MR) is 135 cm³/mol. The number of likely N-dealkylation sites (tertiary alicyclic amines) is 1. The molecule has 7 nitrogen and oxygen atoms in total. The van der Waals surface area contributed by atoms with E-state index in [1.54, 1.807) is 17.3 Å².